The maximum Gasteiger partial charge on any atom is 0.235 e. The Morgan fingerprint density at radius 2 is 1.58 bits per heavy atom. The molecule has 3 aromatic rings. The summed E-state index contributed by atoms with van der Waals surface area (Å²) in [6, 6.07) is 10.7. The second kappa shape index (κ2) is 6.28. The van der Waals surface area contributed by atoms with Crippen LogP contribution in [0, 0.1) is 6.92 Å². The molecule has 0 aliphatic rings. The predicted octanol–water partition coefficient (Wildman–Crippen LogP) is 3.79. The molecule has 0 radical (unpaired) electrons. The Hall–Kier alpha value is -2.95. The fourth-order valence-electron chi connectivity index (χ4n) is 2.82. The molecule has 0 amide bonds. The summed E-state index contributed by atoms with van der Waals surface area (Å²) in [6.45, 7) is 1.88. The number of methoxy groups -OCH3 is 3. The van der Waals surface area contributed by atoms with Crippen molar-refractivity contribution in [2.75, 3.05) is 21.3 Å². The lowest BCUT2D eigenvalue weighted by molar-refractivity contribution is 0.384. The number of fused-ring (bicyclic) bond motifs is 1. The first kappa shape index (κ1) is 15.9. The van der Waals surface area contributed by atoms with Crippen molar-refractivity contribution in [2.24, 2.45) is 0 Å². The molecule has 1 aromatic heterocycles. The van der Waals surface area contributed by atoms with Crippen molar-refractivity contribution < 1.29 is 18.6 Å². The van der Waals surface area contributed by atoms with Crippen molar-refractivity contribution in [1.29, 1.82) is 0 Å². The highest BCUT2D eigenvalue weighted by atomic mass is 16.5. The van der Waals surface area contributed by atoms with Crippen molar-refractivity contribution in [3.8, 4) is 28.6 Å². The van der Waals surface area contributed by atoms with E-state index < -0.39 is 0 Å². The van der Waals surface area contributed by atoms with Crippen LogP contribution in [0.2, 0.25) is 0 Å². The van der Waals surface area contributed by atoms with Crippen molar-refractivity contribution in [2.45, 2.75) is 6.92 Å². The minimum absolute atomic E-state index is 0.150. The summed E-state index contributed by atoms with van der Waals surface area (Å²) in [5.74, 6) is 1.75. The lowest BCUT2D eigenvalue weighted by Crippen LogP contribution is -2.08. The molecule has 3 rings (SSSR count). The molecule has 0 saturated carbocycles. The van der Waals surface area contributed by atoms with Crippen LogP contribution in [0.25, 0.3) is 22.3 Å². The molecular weight excluding hydrogens is 308 g/mol. The second-order valence-corrected chi connectivity index (χ2v) is 5.26. The van der Waals surface area contributed by atoms with E-state index in [1.54, 1.807) is 38.5 Å². The van der Waals surface area contributed by atoms with Crippen LogP contribution in [0.3, 0.4) is 0 Å². The van der Waals surface area contributed by atoms with E-state index in [1.165, 1.54) is 7.11 Å². The molecule has 0 saturated heterocycles. The summed E-state index contributed by atoms with van der Waals surface area (Å²) in [4.78, 5) is 12.7. The van der Waals surface area contributed by atoms with Crippen molar-refractivity contribution in [3.63, 3.8) is 0 Å². The minimum Gasteiger partial charge on any atom is -0.496 e. The summed E-state index contributed by atoms with van der Waals surface area (Å²) >= 11 is 0. The molecule has 0 aliphatic carbocycles. The molecule has 0 atom stereocenters. The number of para-hydroxylation sites is 1. The number of rotatable bonds is 4. The number of hydrogen-bond donors (Lipinski definition) is 0. The Bertz CT molecular complexity index is 956. The fraction of sp³-hybridized carbons (Fsp3) is 0.211. The van der Waals surface area contributed by atoms with Gasteiger partial charge in [-0.3, -0.25) is 4.79 Å². The highest BCUT2D eigenvalue weighted by Gasteiger charge is 2.22. The molecule has 2 aromatic carbocycles. The molecule has 1 heterocycles. The smallest absolute Gasteiger partial charge is 0.235 e. The lowest BCUT2D eigenvalue weighted by atomic mass is 10.0. The van der Waals surface area contributed by atoms with Crippen molar-refractivity contribution >= 4 is 11.0 Å². The van der Waals surface area contributed by atoms with Crippen LogP contribution >= 0.6 is 0 Å². The van der Waals surface area contributed by atoms with E-state index in [1.807, 2.05) is 19.1 Å². The van der Waals surface area contributed by atoms with Gasteiger partial charge in [-0.25, -0.2) is 0 Å². The van der Waals surface area contributed by atoms with Crippen molar-refractivity contribution in [1.82, 2.24) is 0 Å². The van der Waals surface area contributed by atoms with E-state index in [4.69, 9.17) is 18.6 Å². The summed E-state index contributed by atoms with van der Waals surface area (Å²) in [5, 5.41) is 0.474. The average Bonchev–Trinajstić information content (AvgIpc) is 2.61. The van der Waals surface area contributed by atoms with Gasteiger partial charge in [-0.05, 0) is 31.2 Å². The van der Waals surface area contributed by atoms with Gasteiger partial charge in [0, 0.05) is 5.56 Å². The molecule has 24 heavy (non-hydrogen) atoms. The van der Waals surface area contributed by atoms with Crippen LogP contribution in [0.4, 0.5) is 0 Å². The van der Waals surface area contributed by atoms with Gasteiger partial charge in [0.2, 0.25) is 11.2 Å². The normalized spacial score (nSPS) is 10.7. The Morgan fingerprint density at radius 1 is 0.875 bits per heavy atom. The van der Waals surface area contributed by atoms with E-state index in [0.717, 1.165) is 5.56 Å². The molecule has 5 heteroatoms. The SMILES string of the molecule is COc1ccc(-c2oc3ccccc3c(=O)c2OC)c(OC)c1C. The van der Waals surface area contributed by atoms with Crippen LogP contribution in [0.5, 0.6) is 17.2 Å². The summed E-state index contributed by atoms with van der Waals surface area (Å²) in [6.07, 6.45) is 0. The Morgan fingerprint density at radius 3 is 2.25 bits per heavy atom. The van der Waals surface area contributed by atoms with Gasteiger partial charge in [-0.15, -0.1) is 0 Å². The van der Waals surface area contributed by atoms with Gasteiger partial charge < -0.3 is 18.6 Å². The van der Waals surface area contributed by atoms with E-state index in [-0.39, 0.29) is 11.2 Å². The van der Waals surface area contributed by atoms with Crippen molar-refractivity contribution in [3.05, 3.63) is 52.2 Å². The maximum absolute atomic E-state index is 12.7. The third-order valence-electron chi connectivity index (χ3n) is 3.99. The summed E-state index contributed by atoms with van der Waals surface area (Å²) < 4.78 is 22.2. The van der Waals surface area contributed by atoms with Gasteiger partial charge in [0.25, 0.3) is 0 Å². The van der Waals surface area contributed by atoms with E-state index >= 15 is 0 Å². The van der Waals surface area contributed by atoms with Gasteiger partial charge in [0.05, 0.1) is 32.3 Å². The number of hydrogen-bond acceptors (Lipinski definition) is 5. The van der Waals surface area contributed by atoms with Crippen LogP contribution in [0.1, 0.15) is 5.56 Å². The van der Waals surface area contributed by atoms with Gasteiger partial charge in [0.15, 0.2) is 5.76 Å². The monoisotopic (exact) mass is 326 g/mol. The molecule has 124 valence electrons. The zero-order valence-corrected chi connectivity index (χ0v) is 14.0. The third kappa shape index (κ3) is 2.38. The van der Waals surface area contributed by atoms with Gasteiger partial charge in [-0.2, -0.15) is 0 Å². The third-order valence-corrected chi connectivity index (χ3v) is 3.99. The summed E-state index contributed by atoms with van der Waals surface area (Å²) in [5.41, 5.74) is 1.73. The first-order valence-electron chi connectivity index (χ1n) is 7.44. The molecule has 5 nitrogen and oxygen atoms in total. The zero-order valence-electron chi connectivity index (χ0n) is 14.0. The van der Waals surface area contributed by atoms with E-state index in [9.17, 15) is 4.79 Å². The number of ether oxygens (including phenoxy) is 3. The van der Waals surface area contributed by atoms with Crippen LogP contribution in [-0.4, -0.2) is 21.3 Å². The Kier molecular flexibility index (Phi) is 4.16. The Balaban J connectivity index is 2.38. The largest absolute Gasteiger partial charge is 0.496 e. The molecule has 0 aliphatic heterocycles. The zero-order chi connectivity index (χ0) is 17.3. The quantitative estimate of drug-likeness (QED) is 0.730. The predicted molar refractivity (Wildman–Crippen MR) is 92.3 cm³/mol. The first-order chi connectivity index (χ1) is 11.6. The second-order valence-electron chi connectivity index (χ2n) is 5.26. The van der Waals surface area contributed by atoms with Gasteiger partial charge >= 0.3 is 0 Å². The van der Waals surface area contributed by atoms with E-state index in [2.05, 4.69) is 0 Å². The summed E-state index contributed by atoms with van der Waals surface area (Å²) in [7, 11) is 4.61. The van der Waals surface area contributed by atoms with Crippen LogP contribution in [0.15, 0.2) is 45.6 Å². The maximum atomic E-state index is 12.7. The van der Waals surface area contributed by atoms with Gasteiger partial charge in [0.1, 0.15) is 17.1 Å². The van der Waals surface area contributed by atoms with Crippen LogP contribution in [-0.2, 0) is 0 Å². The molecule has 0 bridgehead atoms. The molecule has 0 spiro atoms. The molecule has 0 fully saturated rings. The average molecular weight is 326 g/mol. The lowest BCUT2D eigenvalue weighted by Gasteiger charge is -2.15. The van der Waals surface area contributed by atoms with Gasteiger partial charge in [-0.1, -0.05) is 12.1 Å². The minimum atomic E-state index is -0.218. The number of benzene rings is 2. The van der Waals surface area contributed by atoms with Crippen LogP contribution < -0.4 is 19.6 Å². The standard InChI is InChI=1S/C19H18O5/c1-11-14(21-2)10-9-13(17(11)22-3)18-19(23-4)16(20)12-7-5-6-8-15(12)24-18/h5-10H,1-4H3. The Labute approximate surface area is 139 Å². The van der Waals surface area contributed by atoms with E-state index in [0.29, 0.717) is 33.8 Å². The molecule has 0 N–H and O–H groups in total. The fourth-order valence-corrected chi connectivity index (χ4v) is 2.82. The molecule has 0 unspecified atom stereocenters. The topological polar surface area (TPSA) is 57.9 Å². The molecular formula is C19H18O5. The first-order valence-corrected chi connectivity index (χ1v) is 7.44. The highest BCUT2D eigenvalue weighted by Crippen LogP contribution is 2.41. The highest BCUT2D eigenvalue weighted by molar-refractivity contribution is 5.83.